The van der Waals surface area contributed by atoms with Gasteiger partial charge in [0.05, 0.1) is 19.4 Å². The van der Waals surface area contributed by atoms with Gasteiger partial charge in [-0.05, 0) is 35.7 Å². The minimum absolute atomic E-state index is 0.0100. The molecule has 0 atom stereocenters. The van der Waals surface area contributed by atoms with Crippen molar-refractivity contribution in [2.75, 3.05) is 6.61 Å². The van der Waals surface area contributed by atoms with E-state index in [9.17, 15) is 4.79 Å². The van der Waals surface area contributed by atoms with Crippen molar-refractivity contribution in [3.8, 4) is 5.75 Å². The molecular formula is C18H17NO3S. The van der Waals surface area contributed by atoms with Crippen molar-refractivity contribution >= 4 is 17.2 Å². The van der Waals surface area contributed by atoms with Crippen LogP contribution in [0.5, 0.6) is 5.75 Å². The van der Waals surface area contributed by atoms with E-state index in [0.29, 0.717) is 18.8 Å². The van der Waals surface area contributed by atoms with Gasteiger partial charge in [0.2, 0.25) is 0 Å². The molecule has 0 saturated carbocycles. The number of carbonyl (C=O) groups excluding carboxylic acids is 1. The third-order valence-electron chi connectivity index (χ3n) is 3.31. The molecule has 0 aliphatic rings. The predicted molar refractivity (Wildman–Crippen MR) is 89.2 cm³/mol. The minimum Gasteiger partial charge on any atom is -0.484 e. The van der Waals surface area contributed by atoms with Gasteiger partial charge < -0.3 is 14.1 Å². The topological polar surface area (TPSA) is 42.7 Å². The van der Waals surface area contributed by atoms with Gasteiger partial charge in [-0.25, -0.2) is 0 Å². The molecule has 3 rings (SSSR count). The number of para-hydroxylation sites is 1. The first-order valence-electron chi connectivity index (χ1n) is 7.31. The van der Waals surface area contributed by atoms with Crippen molar-refractivity contribution < 1.29 is 13.9 Å². The normalized spacial score (nSPS) is 10.4. The van der Waals surface area contributed by atoms with Crippen LogP contribution in [0, 0.1) is 0 Å². The fourth-order valence-corrected chi connectivity index (χ4v) is 2.89. The maximum Gasteiger partial charge on any atom is 0.261 e. The number of thiophene rings is 1. The van der Waals surface area contributed by atoms with Crippen molar-refractivity contribution in [3.05, 3.63) is 76.9 Å². The molecule has 3 aromatic rings. The van der Waals surface area contributed by atoms with Crippen LogP contribution in [-0.4, -0.2) is 17.4 Å². The minimum atomic E-state index is -0.0707. The molecule has 0 aliphatic carbocycles. The van der Waals surface area contributed by atoms with Gasteiger partial charge >= 0.3 is 0 Å². The zero-order valence-electron chi connectivity index (χ0n) is 12.6. The summed E-state index contributed by atoms with van der Waals surface area (Å²) in [4.78, 5) is 15.4. The molecule has 0 N–H and O–H groups in total. The Morgan fingerprint density at radius 3 is 2.61 bits per heavy atom. The molecule has 0 saturated heterocycles. The van der Waals surface area contributed by atoms with Crippen molar-refractivity contribution in [1.82, 2.24) is 4.90 Å². The van der Waals surface area contributed by atoms with Crippen molar-refractivity contribution in [2.45, 2.75) is 13.1 Å². The summed E-state index contributed by atoms with van der Waals surface area (Å²) in [6.07, 6.45) is 1.61. The molecule has 2 aromatic heterocycles. The average Bonchev–Trinajstić information content (AvgIpc) is 3.27. The molecule has 1 aromatic carbocycles. The van der Waals surface area contributed by atoms with E-state index in [-0.39, 0.29) is 12.5 Å². The van der Waals surface area contributed by atoms with Gasteiger partial charge in [0.15, 0.2) is 6.61 Å². The van der Waals surface area contributed by atoms with Crippen molar-refractivity contribution in [3.63, 3.8) is 0 Å². The summed E-state index contributed by atoms with van der Waals surface area (Å²) in [6, 6.07) is 17.0. The third-order valence-corrected chi connectivity index (χ3v) is 4.17. The summed E-state index contributed by atoms with van der Waals surface area (Å²) in [5.41, 5.74) is 0. The Bertz CT molecular complexity index is 672. The number of ether oxygens (including phenoxy) is 1. The number of hydrogen-bond acceptors (Lipinski definition) is 4. The number of nitrogens with zero attached hydrogens (tertiary/aromatic N) is 1. The van der Waals surface area contributed by atoms with Gasteiger partial charge in [-0.3, -0.25) is 4.79 Å². The predicted octanol–water partition coefficient (Wildman–Crippen LogP) is 3.95. The molecule has 0 spiro atoms. The van der Waals surface area contributed by atoms with Crippen molar-refractivity contribution in [1.29, 1.82) is 0 Å². The van der Waals surface area contributed by atoms with Crippen molar-refractivity contribution in [2.24, 2.45) is 0 Å². The SMILES string of the molecule is O=C(COc1ccccc1)N(Cc1ccco1)Cc1cccs1. The Kier molecular flexibility index (Phi) is 5.11. The quantitative estimate of drug-likeness (QED) is 0.660. The van der Waals surface area contributed by atoms with E-state index in [4.69, 9.17) is 9.15 Å². The maximum absolute atomic E-state index is 12.5. The lowest BCUT2D eigenvalue weighted by atomic mass is 10.3. The molecule has 0 unspecified atom stereocenters. The lowest BCUT2D eigenvalue weighted by Gasteiger charge is -2.21. The molecular weight excluding hydrogens is 310 g/mol. The molecule has 1 amide bonds. The molecule has 0 aliphatic heterocycles. The molecule has 2 heterocycles. The lowest BCUT2D eigenvalue weighted by Crippen LogP contribution is -2.33. The first-order valence-corrected chi connectivity index (χ1v) is 8.19. The van der Waals surface area contributed by atoms with E-state index in [1.165, 1.54) is 0 Å². The second-order valence-electron chi connectivity index (χ2n) is 5.01. The number of amides is 1. The fraction of sp³-hybridized carbons (Fsp3) is 0.167. The van der Waals surface area contributed by atoms with Crippen LogP contribution < -0.4 is 4.74 Å². The molecule has 0 radical (unpaired) electrons. The molecule has 23 heavy (non-hydrogen) atoms. The summed E-state index contributed by atoms with van der Waals surface area (Å²) < 4.78 is 10.9. The van der Waals surface area contributed by atoms with Crippen LogP contribution in [0.3, 0.4) is 0 Å². The summed E-state index contributed by atoms with van der Waals surface area (Å²) >= 11 is 1.63. The number of furan rings is 1. The summed E-state index contributed by atoms with van der Waals surface area (Å²) in [7, 11) is 0. The van der Waals surface area contributed by atoms with Gasteiger partial charge in [-0.2, -0.15) is 0 Å². The zero-order chi connectivity index (χ0) is 15.9. The standard InChI is InChI=1S/C18H17NO3S/c20-18(14-22-15-6-2-1-3-7-15)19(12-16-8-4-10-21-16)13-17-9-5-11-23-17/h1-11H,12-14H2. The Labute approximate surface area is 138 Å². The number of benzene rings is 1. The highest BCUT2D eigenvalue weighted by atomic mass is 32.1. The Balaban J connectivity index is 1.65. The second kappa shape index (κ2) is 7.65. The Morgan fingerprint density at radius 1 is 1.04 bits per heavy atom. The van der Waals surface area contributed by atoms with E-state index in [1.54, 1.807) is 22.5 Å². The van der Waals surface area contributed by atoms with Crippen LogP contribution in [0.4, 0.5) is 0 Å². The molecule has 0 bridgehead atoms. The van der Waals surface area contributed by atoms with Gasteiger partial charge in [-0.1, -0.05) is 24.3 Å². The average molecular weight is 327 g/mol. The van der Waals surface area contributed by atoms with Crippen LogP contribution in [0.25, 0.3) is 0 Å². The number of hydrogen-bond donors (Lipinski definition) is 0. The Morgan fingerprint density at radius 2 is 1.91 bits per heavy atom. The van der Waals surface area contributed by atoms with Crippen LogP contribution in [0.1, 0.15) is 10.6 Å². The molecule has 4 nitrogen and oxygen atoms in total. The summed E-state index contributed by atoms with van der Waals surface area (Å²) in [6.45, 7) is 0.993. The highest BCUT2D eigenvalue weighted by Gasteiger charge is 2.17. The van der Waals surface area contributed by atoms with E-state index >= 15 is 0 Å². The van der Waals surface area contributed by atoms with E-state index in [0.717, 1.165) is 10.6 Å². The van der Waals surface area contributed by atoms with Gasteiger partial charge in [0.1, 0.15) is 11.5 Å². The zero-order valence-corrected chi connectivity index (χ0v) is 13.4. The van der Waals surface area contributed by atoms with Gasteiger partial charge in [0, 0.05) is 4.88 Å². The number of rotatable bonds is 7. The second-order valence-corrected chi connectivity index (χ2v) is 6.04. The monoisotopic (exact) mass is 327 g/mol. The van der Waals surface area contributed by atoms with Crippen LogP contribution in [-0.2, 0) is 17.9 Å². The molecule has 5 heteroatoms. The first-order chi connectivity index (χ1) is 11.3. The van der Waals surface area contributed by atoms with Crippen LogP contribution in [0.15, 0.2) is 70.7 Å². The first kappa shape index (κ1) is 15.4. The summed E-state index contributed by atoms with van der Waals surface area (Å²) in [5.74, 6) is 1.38. The molecule has 118 valence electrons. The Hall–Kier alpha value is -2.53. The lowest BCUT2D eigenvalue weighted by molar-refractivity contribution is -0.134. The van der Waals surface area contributed by atoms with E-state index in [2.05, 4.69) is 0 Å². The maximum atomic E-state index is 12.5. The fourth-order valence-electron chi connectivity index (χ4n) is 2.17. The highest BCUT2D eigenvalue weighted by molar-refractivity contribution is 7.09. The number of carbonyl (C=O) groups is 1. The molecule has 0 fully saturated rings. The van der Waals surface area contributed by atoms with E-state index in [1.807, 2.05) is 60.0 Å². The van der Waals surface area contributed by atoms with Crippen LogP contribution >= 0.6 is 11.3 Å². The summed E-state index contributed by atoms with van der Waals surface area (Å²) in [5, 5.41) is 2.01. The van der Waals surface area contributed by atoms with Gasteiger partial charge in [-0.15, -0.1) is 11.3 Å². The smallest absolute Gasteiger partial charge is 0.261 e. The highest BCUT2D eigenvalue weighted by Crippen LogP contribution is 2.16. The van der Waals surface area contributed by atoms with Gasteiger partial charge in [0.25, 0.3) is 5.91 Å². The van der Waals surface area contributed by atoms with E-state index < -0.39 is 0 Å². The third kappa shape index (κ3) is 4.47. The largest absolute Gasteiger partial charge is 0.484 e. The van der Waals surface area contributed by atoms with Crippen LogP contribution in [0.2, 0.25) is 0 Å².